The van der Waals surface area contributed by atoms with Crippen LogP contribution >= 0.6 is 0 Å². The summed E-state index contributed by atoms with van der Waals surface area (Å²) in [5, 5.41) is 14.8. The molecule has 0 saturated carbocycles. The van der Waals surface area contributed by atoms with Crippen molar-refractivity contribution in [3.05, 3.63) is 66.2 Å². The molecule has 0 saturated heterocycles. The van der Waals surface area contributed by atoms with Gasteiger partial charge in [0.25, 0.3) is 0 Å². The number of urea groups is 1. The van der Waals surface area contributed by atoms with Crippen LogP contribution in [0.3, 0.4) is 0 Å². The first-order valence-corrected chi connectivity index (χ1v) is 15.0. The van der Waals surface area contributed by atoms with Gasteiger partial charge in [-0.15, -0.1) is 0 Å². The van der Waals surface area contributed by atoms with E-state index in [4.69, 9.17) is 4.74 Å². The third kappa shape index (κ3) is 7.02. The van der Waals surface area contributed by atoms with Crippen LogP contribution in [0.4, 0.5) is 16.2 Å². The van der Waals surface area contributed by atoms with Crippen LogP contribution in [0.1, 0.15) is 19.4 Å². The summed E-state index contributed by atoms with van der Waals surface area (Å²) in [6.45, 7) is 4.03. The van der Waals surface area contributed by atoms with E-state index in [0.29, 0.717) is 29.2 Å². The van der Waals surface area contributed by atoms with E-state index < -0.39 is 22.2 Å². The minimum absolute atomic E-state index is 0.0319. The van der Waals surface area contributed by atoms with Crippen LogP contribution in [0.25, 0.3) is 10.8 Å². The van der Waals surface area contributed by atoms with Crippen LogP contribution < -0.4 is 14.8 Å². The van der Waals surface area contributed by atoms with Crippen LogP contribution in [0.15, 0.2) is 60.7 Å². The summed E-state index contributed by atoms with van der Waals surface area (Å²) in [6.07, 6.45) is 0.517. The van der Waals surface area contributed by atoms with Crippen LogP contribution in [-0.2, 0) is 21.2 Å². The number of aliphatic hydroxyl groups is 1. The Balaban J connectivity index is 1.61. The van der Waals surface area contributed by atoms with Gasteiger partial charge < -0.3 is 25.0 Å². The average Bonchev–Trinajstić information content (AvgIpc) is 2.95. The molecule has 1 heterocycles. The molecule has 0 aliphatic carbocycles. The summed E-state index contributed by atoms with van der Waals surface area (Å²) in [5.74, 6) is 0.0219. The SMILES string of the molecule is C[C@H]1CN([C@@H](C)CO)C(=O)Cc2cc(NS(C)(=O)=O)ccc2O[C@@H]1CN(C)C(=O)Nc1cccc2ccccc12. The van der Waals surface area contributed by atoms with Gasteiger partial charge in [0.2, 0.25) is 15.9 Å². The van der Waals surface area contributed by atoms with Gasteiger partial charge in [-0.1, -0.05) is 43.3 Å². The lowest BCUT2D eigenvalue weighted by Gasteiger charge is -2.34. The van der Waals surface area contributed by atoms with E-state index in [9.17, 15) is 23.1 Å². The van der Waals surface area contributed by atoms with E-state index >= 15 is 0 Å². The number of rotatable bonds is 7. The highest BCUT2D eigenvalue weighted by Gasteiger charge is 2.32. The number of carbonyl (C=O) groups excluding carboxylic acids is 2. The third-order valence-corrected chi connectivity index (χ3v) is 7.66. The van der Waals surface area contributed by atoms with E-state index in [1.807, 2.05) is 49.4 Å². The van der Waals surface area contributed by atoms with Crippen molar-refractivity contribution in [3.8, 4) is 5.75 Å². The first kappa shape index (κ1) is 29.2. The molecule has 214 valence electrons. The maximum absolute atomic E-state index is 13.3. The fourth-order valence-corrected chi connectivity index (χ4v) is 5.38. The number of carbonyl (C=O) groups is 2. The third-order valence-electron chi connectivity index (χ3n) is 7.05. The van der Waals surface area contributed by atoms with Gasteiger partial charge in [0.05, 0.1) is 37.6 Å². The number of benzene rings is 3. The summed E-state index contributed by atoms with van der Waals surface area (Å²) in [5.41, 5.74) is 1.52. The Kier molecular flexibility index (Phi) is 8.85. The van der Waals surface area contributed by atoms with Gasteiger partial charge >= 0.3 is 6.03 Å². The van der Waals surface area contributed by atoms with Crippen LogP contribution in [0.5, 0.6) is 5.75 Å². The molecule has 0 unspecified atom stereocenters. The first-order chi connectivity index (χ1) is 18.9. The van der Waals surface area contributed by atoms with Gasteiger partial charge in [-0.05, 0) is 36.6 Å². The Morgan fingerprint density at radius 3 is 2.62 bits per heavy atom. The molecule has 0 fully saturated rings. The van der Waals surface area contributed by atoms with Crippen molar-refractivity contribution in [2.75, 3.05) is 43.0 Å². The summed E-state index contributed by atoms with van der Waals surface area (Å²) in [7, 11) is -1.84. The summed E-state index contributed by atoms with van der Waals surface area (Å²) in [4.78, 5) is 29.7. The molecule has 3 aromatic rings. The summed E-state index contributed by atoms with van der Waals surface area (Å²) < 4.78 is 32.4. The van der Waals surface area contributed by atoms with Crippen LogP contribution in [0, 0.1) is 5.92 Å². The van der Waals surface area contributed by atoms with E-state index in [0.717, 1.165) is 17.0 Å². The fraction of sp³-hybridized carbons (Fsp3) is 0.379. The zero-order valence-electron chi connectivity index (χ0n) is 23.1. The number of ether oxygens (including phenoxy) is 1. The van der Waals surface area contributed by atoms with Gasteiger partial charge in [0, 0.05) is 36.1 Å². The zero-order chi connectivity index (χ0) is 29.0. The lowest BCUT2D eigenvalue weighted by molar-refractivity contribution is -0.134. The Hall–Kier alpha value is -3.83. The van der Waals surface area contributed by atoms with Crippen LogP contribution in [-0.4, -0.2) is 80.4 Å². The monoisotopic (exact) mass is 568 g/mol. The predicted octanol–water partition coefficient (Wildman–Crippen LogP) is 3.52. The molecule has 11 heteroatoms. The number of nitrogens with one attached hydrogen (secondary N) is 2. The molecule has 3 amide bonds. The number of nitrogens with zero attached hydrogens (tertiary/aromatic N) is 2. The zero-order valence-corrected chi connectivity index (χ0v) is 23.9. The number of aliphatic hydroxyl groups excluding tert-OH is 1. The molecule has 10 nitrogen and oxygen atoms in total. The minimum atomic E-state index is -3.52. The summed E-state index contributed by atoms with van der Waals surface area (Å²) in [6, 6.07) is 17.6. The van der Waals surface area contributed by atoms with Gasteiger partial charge in [0.15, 0.2) is 0 Å². The molecule has 0 aromatic heterocycles. The van der Waals surface area contributed by atoms with E-state index in [1.54, 1.807) is 42.0 Å². The molecule has 40 heavy (non-hydrogen) atoms. The van der Waals surface area contributed by atoms with Crippen molar-refractivity contribution in [2.24, 2.45) is 5.92 Å². The highest BCUT2D eigenvalue weighted by Crippen LogP contribution is 2.30. The largest absolute Gasteiger partial charge is 0.488 e. The normalized spacial score (nSPS) is 18.5. The number of hydrogen-bond acceptors (Lipinski definition) is 6. The molecule has 0 bridgehead atoms. The van der Waals surface area contributed by atoms with Gasteiger partial charge in [0.1, 0.15) is 11.9 Å². The number of likely N-dealkylation sites (N-methyl/N-ethyl adjacent to an activating group) is 1. The first-order valence-electron chi connectivity index (χ1n) is 13.1. The minimum Gasteiger partial charge on any atom is -0.488 e. The number of fused-ring (bicyclic) bond motifs is 2. The molecule has 1 aliphatic rings. The molecule has 1 aliphatic heterocycles. The van der Waals surface area contributed by atoms with Crippen molar-refractivity contribution in [1.82, 2.24) is 9.80 Å². The molecule has 3 atom stereocenters. The molecule has 3 aromatic carbocycles. The highest BCUT2D eigenvalue weighted by atomic mass is 32.2. The van der Waals surface area contributed by atoms with E-state index in [1.165, 1.54) is 0 Å². The smallest absolute Gasteiger partial charge is 0.321 e. The van der Waals surface area contributed by atoms with Crippen molar-refractivity contribution >= 4 is 44.1 Å². The maximum Gasteiger partial charge on any atom is 0.321 e. The second-order valence-electron chi connectivity index (χ2n) is 10.4. The van der Waals surface area contributed by atoms with E-state index in [2.05, 4.69) is 10.0 Å². The molecular formula is C29H36N4O6S. The second-order valence-corrected chi connectivity index (χ2v) is 12.2. The van der Waals surface area contributed by atoms with Crippen molar-refractivity contribution in [3.63, 3.8) is 0 Å². The number of amides is 3. The van der Waals surface area contributed by atoms with Gasteiger partial charge in [-0.2, -0.15) is 0 Å². The lowest BCUT2D eigenvalue weighted by atomic mass is 10.0. The van der Waals surface area contributed by atoms with Crippen molar-refractivity contribution in [2.45, 2.75) is 32.4 Å². The van der Waals surface area contributed by atoms with Crippen molar-refractivity contribution < 1.29 is 27.9 Å². The van der Waals surface area contributed by atoms with Gasteiger partial charge in [-0.3, -0.25) is 9.52 Å². The number of sulfonamides is 1. The Bertz CT molecular complexity index is 1490. The standard InChI is InChI=1S/C29H36N4O6S/c1-19-16-33(20(2)18-34)28(35)15-22-14-23(31-40(4,37)38)12-13-26(22)39-27(19)17-32(3)29(36)30-25-11-7-9-21-8-5-6-10-24(21)25/h5-14,19-20,27,31,34H,15-18H2,1-4H3,(H,30,36)/t19-,20-,27+/m0/s1. The Morgan fingerprint density at radius 1 is 1.18 bits per heavy atom. The Labute approximate surface area is 235 Å². The topological polar surface area (TPSA) is 128 Å². The van der Waals surface area contributed by atoms with Crippen LogP contribution in [0.2, 0.25) is 0 Å². The molecular weight excluding hydrogens is 532 g/mol. The summed E-state index contributed by atoms with van der Waals surface area (Å²) >= 11 is 0. The van der Waals surface area contributed by atoms with Gasteiger partial charge in [-0.25, -0.2) is 13.2 Å². The molecule has 0 spiro atoms. The highest BCUT2D eigenvalue weighted by molar-refractivity contribution is 7.92. The number of anilines is 2. The lowest BCUT2D eigenvalue weighted by Crippen LogP contribution is -2.48. The van der Waals surface area contributed by atoms with E-state index in [-0.39, 0.29) is 37.4 Å². The molecule has 4 rings (SSSR count). The quantitative estimate of drug-likeness (QED) is 0.400. The fourth-order valence-electron chi connectivity index (χ4n) is 4.82. The predicted molar refractivity (Wildman–Crippen MR) is 156 cm³/mol. The average molecular weight is 569 g/mol. The maximum atomic E-state index is 13.3. The molecule has 0 radical (unpaired) electrons. The van der Waals surface area contributed by atoms with Crippen molar-refractivity contribution in [1.29, 1.82) is 0 Å². The second kappa shape index (κ2) is 12.1. The number of hydrogen-bond donors (Lipinski definition) is 3. The Morgan fingerprint density at radius 2 is 1.90 bits per heavy atom. The molecule has 3 N–H and O–H groups in total.